The Balaban J connectivity index is 2.05. The van der Waals surface area contributed by atoms with Crippen LogP contribution in [0.3, 0.4) is 0 Å². The molecule has 0 bridgehead atoms. The topological polar surface area (TPSA) is 43.8 Å². The van der Waals surface area contributed by atoms with Crippen molar-refractivity contribution in [1.82, 2.24) is 9.55 Å². The number of hydrogen-bond acceptors (Lipinski definition) is 2. The fraction of sp³-hybridized carbons (Fsp3) is 0.438. The average molecular weight is 291 g/mol. The molecule has 112 valence electrons. The first-order valence-corrected chi connectivity index (χ1v) is 7.35. The molecule has 1 saturated carbocycles. The number of aromatic nitrogens is 2. The van der Waals surface area contributed by atoms with Gasteiger partial charge in [-0.15, -0.1) is 0 Å². The molecule has 1 aromatic carbocycles. The normalized spacial score (nSPS) is 16.3. The first kappa shape index (κ1) is 14.0. The van der Waals surface area contributed by atoms with Crippen molar-refractivity contribution < 1.29 is 8.78 Å². The van der Waals surface area contributed by atoms with Gasteiger partial charge in [0.05, 0.1) is 0 Å². The van der Waals surface area contributed by atoms with E-state index in [9.17, 15) is 8.78 Å². The summed E-state index contributed by atoms with van der Waals surface area (Å²) in [5.74, 6) is 0.634. The van der Waals surface area contributed by atoms with Crippen molar-refractivity contribution in [2.75, 3.05) is 5.73 Å². The third-order valence-corrected chi connectivity index (χ3v) is 4.33. The van der Waals surface area contributed by atoms with Crippen molar-refractivity contribution >= 4 is 5.82 Å². The zero-order valence-electron chi connectivity index (χ0n) is 12.1. The maximum atomic E-state index is 13.9. The lowest BCUT2D eigenvalue weighted by Crippen LogP contribution is -2.11. The average Bonchev–Trinajstić information content (AvgIpc) is 2.79. The highest BCUT2D eigenvalue weighted by molar-refractivity contribution is 5.71. The smallest absolute Gasteiger partial charge is 0.132 e. The molecule has 21 heavy (non-hydrogen) atoms. The molecule has 2 aromatic rings. The molecule has 1 aliphatic rings. The van der Waals surface area contributed by atoms with Crippen LogP contribution in [0.1, 0.15) is 43.8 Å². The summed E-state index contributed by atoms with van der Waals surface area (Å²) in [5.41, 5.74) is 6.54. The van der Waals surface area contributed by atoms with Gasteiger partial charge in [0, 0.05) is 18.5 Å². The molecular formula is C16H19F2N3. The standard InChI is InChI=1S/C16H19F2N3/c1-21-15(19)14(12-9-11(17)7-8-13(12)18)20-16(21)10-5-3-2-4-6-10/h7-10H,2-6,19H2,1H3. The Kier molecular flexibility index (Phi) is 3.66. The fourth-order valence-corrected chi connectivity index (χ4v) is 3.13. The summed E-state index contributed by atoms with van der Waals surface area (Å²) in [6, 6.07) is 3.36. The second-order valence-corrected chi connectivity index (χ2v) is 5.72. The van der Waals surface area contributed by atoms with E-state index in [1.54, 1.807) is 0 Å². The van der Waals surface area contributed by atoms with Gasteiger partial charge in [-0.25, -0.2) is 13.8 Å². The van der Waals surface area contributed by atoms with E-state index in [1.165, 1.54) is 19.3 Å². The lowest BCUT2D eigenvalue weighted by molar-refractivity contribution is 0.422. The van der Waals surface area contributed by atoms with Gasteiger partial charge in [-0.2, -0.15) is 0 Å². The summed E-state index contributed by atoms with van der Waals surface area (Å²) < 4.78 is 29.1. The number of nitrogens with zero attached hydrogens (tertiary/aromatic N) is 2. The van der Waals surface area contributed by atoms with Crippen molar-refractivity contribution in [1.29, 1.82) is 0 Å². The van der Waals surface area contributed by atoms with Crippen LogP contribution in [0.2, 0.25) is 0 Å². The van der Waals surface area contributed by atoms with Crippen LogP contribution in [0.5, 0.6) is 0 Å². The SMILES string of the molecule is Cn1c(C2CCCCC2)nc(-c2cc(F)ccc2F)c1N. The zero-order valence-corrected chi connectivity index (χ0v) is 12.1. The number of nitrogens with two attached hydrogens (primary N) is 1. The second kappa shape index (κ2) is 5.47. The molecule has 2 N–H and O–H groups in total. The molecular weight excluding hydrogens is 272 g/mol. The van der Waals surface area contributed by atoms with Crippen LogP contribution >= 0.6 is 0 Å². The predicted octanol–water partition coefficient (Wildman–Crippen LogP) is 4.00. The molecule has 3 nitrogen and oxygen atoms in total. The summed E-state index contributed by atoms with van der Waals surface area (Å²) in [4.78, 5) is 4.54. The zero-order chi connectivity index (χ0) is 15.0. The Hall–Kier alpha value is -1.91. The van der Waals surface area contributed by atoms with E-state index in [-0.39, 0.29) is 5.56 Å². The van der Waals surface area contributed by atoms with E-state index < -0.39 is 11.6 Å². The van der Waals surface area contributed by atoms with Crippen LogP contribution in [0.4, 0.5) is 14.6 Å². The first-order chi connectivity index (χ1) is 10.1. The number of halogens is 2. The van der Waals surface area contributed by atoms with Gasteiger partial charge in [0.25, 0.3) is 0 Å². The summed E-state index contributed by atoms with van der Waals surface area (Å²) in [6.45, 7) is 0. The molecule has 0 spiro atoms. The van der Waals surface area contributed by atoms with Crippen LogP contribution < -0.4 is 5.73 Å². The van der Waals surface area contributed by atoms with Crippen molar-refractivity contribution in [3.05, 3.63) is 35.7 Å². The third-order valence-electron chi connectivity index (χ3n) is 4.33. The lowest BCUT2D eigenvalue weighted by atomic mass is 9.89. The van der Waals surface area contributed by atoms with Crippen LogP contribution in [-0.2, 0) is 7.05 Å². The quantitative estimate of drug-likeness (QED) is 0.909. The molecule has 1 fully saturated rings. The van der Waals surface area contributed by atoms with Crippen LogP contribution in [0, 0.1) is 11.6 Å². The summed E-state index contributed by atoms with van der Waals surface area (Å²) in [5, 5.41) is 0. The molecule has 0 amide bonds. The van der Waals surface area contributed by atoms with Gasteiger partial charge in [-0.05, 0) is 31.0 Å². The van der Waals surface area contributed by atoms with E-state index in [0.717, 1.165) is 36.9 Å². The van der Waals surface area contributed by atoms with Crippen molar-refractivity contribution in [2.45, 2.75) is 38.0 Å². The van der Waals surface area contributed by atoms with Crippen LogP contribution in [-0.4, -0.2) is 9.55 Å². The molecule has 1 aliphatic carbocycles. The van der Waals surface area contributed by atoms with E-state index in [0.29, 0.717) is 17.4 Å². The number of anilines is 1. The van der Waals surface area contributed by atoms with E-state index in [4.69, 9.17) is 5.73 Å². The fourth-order valence-electron chi connectivity index (χ4n) is 3.13. The van der Waals surface area contributed by atoms with Crippen molar-refractivity contribution in [3.8, 4) is 11.3 Å². The van der Waals surface area contributed by atoms with E-state index >= 15 is 0 Å². The monoisotopic (exact) mass is 291 g/mol. The van der Waals surface area contributed by atoms with Crippen molar-refractivity contribution in [3.63, 3.8) is 0 Å². The largest absolute Gasteiger partial charge is 0.383 e. The number of hydrogen-bond donors (Lipinski definition) is 1. The second-order valence-electron chi connectivity index (χ2n) is 5.72. The number of imidazole rings is 1. The highest BCUT2D eigenvalue weighted by Crippen LogP contribution is 2.36. The van der Waals surface area contributed by atoms with Gasteiger partial charge < -0.3 is 10.3 Å². The molecule has 0 atom stereocenters. The van der Waals surface area contributed by atoms with Crippen LogP contribution in [0.25, 0.3) is 11.3 Å². The Morgan fingerprint density at radius 2 is 1.90 bits per heavy atom. The number of rotatable bonds is 2. The molecule has 0 aliphatic heterocycles. The minimum Gasteiger partial charge on any atom is -0.383 e. The minimum absolute atomic E-state index is 0.130. The maximum Gasteiger partial charge on any atom is 0.132 e. The van der Waals surface area contributed by atoms with Gasteiger partial charge in [0.15, 0.2) is 0 Å². The highest BCUT2D eigenvalue weighted by atomic mass is 19.1. The van der Waals surface area contributed by atoms with Gasteiger partial charge in [-0.3, -0.25) is 0 Å². The van der Waals surface area contributed by atoms with Crippen molar-refractivity contribution in [2.24, 2.45) is 7.05 Å². The number of benzene rings is 1. The molecule has 0 radical (unpaired) electrons. The molecule has 0 saturated heterocycles. The summed E-state index contributed by atoms with van der Waals surface area (Å²) in [6.07, 6.45) is 5.77. The minimum atomic E-state index is -0.503. The molecule has 0 unspecified atom stereocenters. The first-order valence-electron chi connectivity index (χ1n) is 7.35. The number of nitrogen functional groups attached to an aromatic ring is 1. The van der Waals surface area contributed by atoms with Gasteiger partial charge in [0.2, 0.25) is 0 Å². The molecule has 1 aromatic heterocycles. The molecule has 1 heterocycles. The Morgan fingerprint density at radius 3 is 2.62 bits per heavy atom. The predicted molar refractivity (Wildman–Crippen MR) is 78.8 cm³/mol. The third kappa shape index (κ3) is 2.52. The Labute approximate surface area is 122 Å². The Bertz CT molecular complexity index is 658. The Morgan fingerprint density at radius 1 is 1.19 bits per heavy atom. The highest BCUT2D eigenvalue weighted by Gasteiger charge is 2.24. The van der Waals surface area contributed by atoms with E-state index in [2.05, 4.69) is 4.98 Å². The van der Waals surface area contributed by atoms with Crippen LogP contribution in [0.15, 0.2) is 18.2 Å². The van der Waals surface area contributed by atoms with Gasteiger partial charge >= 0.3 is 0 Å². The van der Waals surface area contributed by atoms with Gasteiger partial charge in [-0.1, -0.05) is 19.3 Å². The lowest BCUT2D eigenvalue weighted by Gasteiger charge is -2.21. The molecule has 5 heteroatoms. The summed E-state index contributed by atoms with van der Waals surface area (Å²) in [7, 11) is 1.84. The van der Waals surface area contributed by atoms with E-state index in [1.807, 2.05) is 11.6 Å². The molecule has 3 rings (SSSR count). The van der Waals surface area contributed by atoms with Gasteiger partial charge in [0.1, 0.15) is 29.0 Å². The maximum absolute atomic E-state index is 13.9. The summed E-state index contributed by atoms with van der Waals surface area (Å²) >= 11 is 0.